The molecule has 184 valence electrons. The Bertz CT molecular complexity index is 1140. The maximum Gasteiger partial charge on any atom is 0.303 e. The molecule has 0 bridgehead atoms. The normalized spacial score (nSPS) is 24.0. The van der Waals surface area contributed by atoms with Crippen molar-refractivity contribution in [2.45, 2.75) is 51.7 Å². The van der Waals surface area contributed by atoms with Crippen LogP contribution in [-0.2, 0) is 48.6 Å². The quantitative estimate of drug-likeness (QED) is 0.284. The van der Waals surface area contributed by atoms with Crippen molar-refractivity contribution in [3.8, 4) is 0 Å². The fourth-order valence-corrected chi connectivity index (χ4v) is 4.27. The van der Waals surface area contributed by atoms with Gasteiger partial charge in [0.25, 0.3) is 0 Å². The van der Waals surface area contributed by atoms with Crippen LogP contribution in [0.1, 0.15) is 27.7 Å². The van der Waals surface area contributed by atoms with Crippen molar-refractivity contribution in [1.29, 1.82) is 0 Å². The molecule has 1 aliphatic heterocycles. The number of esters is 4. The number of carbonyl (C=O) groups is 4. The first-order chi connectivity index (χ1) is 16.0. The second-order valence-corrected chi connectivity index (χ2v) is 8.04. The summed E-state index contributed by atoms with van der Waals surface area (Å²) in [5.41, 5.74) is 4.38. The van der Waals surface area contributed by atoms with Gasteiger partial charge in [-0.2, -0.15) is 0 Å². The SMILES string of the molecule is CC(=O)OC[C@H]1O[C@@](COC(C)=O)(n2c(Br)nc3c(N)ncnc32)[C@H](OC(C)=O)[C@@H]1OC(C)=O. The zero-order valence-corrected chi connectivity index (χ0v) is 20.2. The Morgan fingerprint density at radius 1 is 1.06 bits per heavy atom. The maximum atomic E-state index is 12.1. The molecule has 15 heteroatoms. The van der Waals surface area contributed by atoms with E-state index in [0.29, 0.717) is 0 Å². The van der Waals surface area contributed by atoms with Crippen LogP contribution in [-0.4, -0.2) is 74.9 Å². The first-order valence-electron chi connectivity index (χ1n) is 9.90. The summed E-state index contributed by atoms with van der Waals surface area (Å²) >= 11 is 3.32. The number of hydrogen-bond acceptors (Lipinski definition) is 13. The average Bonchev–Trinajstić information content (AvgIpc) is 3.21. The highest BCUT2D eigenvalue weighted by Gasteiger charge is 2.62. The van der Waals surface area contributed by atoms with E-state index >= 15 is 0 Å². The number of nitrogens with two attached hydrogens (primary N) is 1. The fourth-order valence-electron chi connectivity index (χ4n) is 3.63. The van der Waals surface area contributed by atoms with E-state index in [1.54, 1.807) is 0 Å². The number of hydrogen-bond donors (Lipinski definition) is 1. The van der Waals surface area contributed by atoms with Gasteiger partial charge in [-0.1, -0.05) is 0 Å². The lowest BCUT2D eigenvalue weighted by atomic mass is 10.0. The number of aromatic nitrogens is 4. The molecule has 2 aromatic heterocycles. The molecular weight excluding hydrogens is 522 g/mol. The molecule has 34 heavy (non-hydrogen) atoms. The van der Waals surface area contributed by atoms with E-state index in [-0.39, 0.29) is 28.3 Å². The highest BCUT2D eigenvalue weighted by atomic mass is 79.9. The van der Waals surface area contributed by atoms with E-state index in [9.17, 15) is 19.2 Å². The summed E-state index contributed by atoms with van der Waals surface area (Å²) < 4.78 is 29.0. The lowest BCUT2D eigenvalue weighted by molar-refractivity contribution is -0.201. The van der Waals surface area contributed by atoms with Crippen LogP contribution < -0.4 is 5.73 Å². The number of ether oxygens (including phenoxy) is 5. The number of carbonyl (C=O) groups excluding carboxylic acids is 4. The number of anilines is 1. The lowest BCUT2D eigenvalue weighted by Crippen LogP contribution is -2.52. The largest absolute Gasteiger partial charge is 0.463 e. The van der Waals surface area contributed by atoms with Gasteiger partial charge in [-0.3, -0.25) is 23.7 Å². The number of nitrogen functional groups attached to an aromatic ring is 1. The summed E-state index contributed by atoms with van der Waals surface area (Å²) in [5.74, 6) is -2.72. The topological polar surface area (TPSA) is 184 Å². The van der Waals surface area contributed by atoms with Gasteiger partial charge in [-0.25, -0.2) is 15.0 Å². The first-order valence-corrected chi connectivity index (χ1v) is 10.7. The summed E-state index contributed by atoms with van der Waals surface area (Å²) in [6.07, 6.45) is -2.60. The van der Waals surface area contributed by atoms with Gasteiger partial charge < -0.3 is 29.4 Å². The van der Waals surface area contributed by atoms with Crippen LogP contribution in [0.2, 0.25) is 0 Å². The van der Waals surface area contributed by atoms with Crippen LogP contribution in [0.3, 0.4) is 0 Å². The summed E-state index contributed by atoms with van der Waals surface area (Å²) in [6.45, 7) is 3.75. The Kier molecular flexibility index (Phi) is 7.35. The highest BCUT2D eigenvalue weighted by Crippen LogP contribution is 2.43. The number of halogens is 1. The van der Waals surface area contributed by atoms with E-state index in [4.69, 9.17) is 29.4 Å². The molecule has 0 aliphatic carbocycles. The molecule has 1 aliphatic rings. The number of nitrogens with zero attached hydrogens (tertiary/aromatic N) is 4. The molecule has 1 saturated heterocycles. The molecule has 0 aromatic carbocycles. The minimum atomic E-state index is -1.86. The zero-order valence-electron chi connectivity index (χ0n) is 18.6. The standard InChI is InChI=1S/C19H22BrN5O9/c1-8(26)30-5-12-14(32-10(3)28)15(33-11(4)29)19(34-12,6-31-9(2)27)25-17-13(24-18(25)20)16(21)22-7-23-17/h7,12,14-15H,5-6H2,1-4H3,(H2,21,22,23)/t12-,14-,15-,19-/m1/s1. The Morgan fingerprint density at radius 2 is 1.71 bits per heavy atom. The lowest BCUT2D eigenvalue weighted by Gasteiger charge is -2.35. The van der Waals surface area contributed by atoms with Crippen molar-refractivity contribution >= 4 is 56.8 Å². The van der Waals surface area contributed by atoms with Crippen molar-refractivity contribution in [2.24, 2.45) is 0 Å². The second-order valence-electron chi connectivity index (χ2n) is 7.34. The number of fused-ring (bicyclic) bond motifs is 1. The van der Waals surface area contributed by atoms with E-state index in [2.05, 4.69) is 30.9 Å². The van der Waals surface area contributed by atoms with E-state index < -0.39 is 54.5 Å². The van der Waals surface area contributed by atoms with Crippen molar-refractivity contribution in [1.82, 2.24) is 19.5 Å². The monoisotopic (exact) mass is 543 g/mol. The molecule has 3 heterocycles. The van der Waals surface area contributed by atoms with Crippen LogP contribution in [0.25, 0.3) is 11.2 Å². The third-order valence-electron chi connectivity index (χ3n) is 4.80. The smallest absolute Gasteiger partial charge is 0.303 e. The predicted molar refractivity (Wildman–Crippen MR) is 115 cm³/mol. The van der Waals surface area contributed by atoms with Crippen LogP contribution in [0.5, 0.6) is 0 Å². The van der Waals surface area contributed by atoms with Crippen LogP contribution >= 0.6 is 15.9 Å². The highest BCUT2D eigenvalue weighted by molar-refractivity contribution is 9.10. The van der Waals surface area contributed by atoms with Crippen molar-refractivity contribution in [3.05, 3.63) is 11.1 Å². The molecule has 0 unspecified atom stereocenters. The van der Waals surface area contributed by atoms with Gasteiger partial charge in [0, 0.05) is 27.7 Å². The predicted octanol–water partition coefficient (Wildman–Crippen LogP) is 0.212. The van der Waals surface area contributed by atoms with Crippen LogP contribution in [0.15, 0.2) is 11.1 Å². The second kappa shape index (κ2) is 9.89. The fraction of sp³-hybridized carbons (Fsp3) is 0.526. The third kappa shape index (κ3) is 4.94. The molecule has 0 radical (unpaired) electrons. The van der Waals surface area contributed by atoms with Crippen molar-refractivity contribution in [3.63, 3.8) is 0 Å². The maximum absolute atomic E-state index is 12.1. The average molecular weight is 544 g/mol. The number of rotatable bonds is 7. The van der Waals surface area contributed by atoms with Crippen LogP contribution in [0.4, 0.5) is 5.82 Å². The Labute approximate surface area is 201 Å². The zero-order chi connectivity index (χ0) is 25.2. The molecule has 4 atom stereocenters. The Balaban J connectivity index is 2.27. The van der Waals surface area contributed by atoms with Gasteiger partial charge in [-0.15, -0.1) is 0 Å². The molecule has 2 N–H and O–H groups in total. The van der Waals surface area contributed by atoms with Gasteiger partial charge in [0.15, 0.2) is 33.9 Å². The summed E-state index contributed by atoms with van der Waals surface area (Å²) in [5, 5.41) is 0. The van der Waals surface area contributed by atoms with Crippen LogP contribution in [0, 0.1) is 0 Å². The summed E-state index contributed by atoms with van der Waals surface area (Å²) in [4.78, 5) is 59.7. The van der Waals surface area contributed by atoms with Gasteiger partial charge in [0.2, 0.25) is 5.72 Å². The van der Waals surface area contributed by atoms with E-state index in [1.807, 2.05) is 0 Å². The molecular formula is C19H22BrN5O9. The Hall–Kier alpha value is -3.33. The summed E-state index contributed by atoms with van der Waals surface area (Å²) in [7, 11) is 0. The van der Waals surface area contributed by atoms with Crippen molar-refractivity contribution in [2.75, 3.05) is 18.9 Å². The molecule has 14 nitrogen and oxygen atoms in total. The summed E-state index contributed by atoms with van der Waals surface area (Å²) in [6, 6.07) is 0. The molecule has 1 fully saturated rings. The van der Waals surface area contributed by atoms with Crippen molar-refractivity contribution < 1.29 is 42.9 Å². The van der Waals surface area contributed by atoms with Gasteiger partial charge >= 0.3 is 23.9 Å². The van der Waals surface area contributed by atoms with Gasteiger partial charge in [0.1, 0.15) is 25.6 Å². The molecule has 0 saturated carbocycles. The Morgan fingerprint density at radius 3 is 2.29 bits per heavy atom. The molecule has 2 aromatic rings. The minimum Gasteiger partial charge on any atom is -0.463 e. The van der Waals surface area contributed by atoms with E-state index in [1.165, 1.54) is 24.7 Å². The molecule has 3 rings (SSSR count). The van der Waals surface area contributed by atoms with E-state index in [0.717, 1.165) is 13.8 Å². The molecule has 0 amide bonds. The minimum absolute atomic E-state index is 0.0436. The van der Waals surface area contributed by atoms with Gasteiger partial charge in [-0.05, 0) is 15.9 Å². The van der Waals surface area contributed by atoms with Gasteiger partial charge in [0.05, 0.1) is 0 Å². The number of imidazole rings is 1. The third-order valence-corrected chi connectivity index (χ3v) is 5.34. The first kappa shape index (κ1) is 25.3. The molecule has 0 spiro atoms.